The van der Waals surface area contributed by atoms with E-state index < -0.39 is 0 Å². The lowest BCUT2D eigenvalue weighted by Gasteiger charge is -2.22. The maximum absolute atomic E-state index is 6.12. The Morgan fingerprint density at radius 3 is 3.00 bits per heavy atom. The molecule has 2 N–H and O–H groups in total. The fourth-order valence-electron chi connectivity index (χ4n) is 2.07. The fraction of sp³-hybridized carbons (Fsp3) is 0.636. The minimum atomic E-state index is 0.365. The van der Waals surface area contributed by atoms with Gasteiger partial charge in [-0.25, -0.2) is 9.97 Å². The van der Waals surface area contributed by atoms with Gasteiger partial charge < -0.3 is 10.6 Å². The summed E-state index contributed by atoms with van der Waals surface area (Å²) in [7, 11) is 0. The van der Waals surface area contributed by atoms with Crippen LogP contribution in [0.1, 0.15) is 26.2 Å². The summed E-state index contributed by atoms with van der Waals surface area (Å²) in [6, 6.07) is 0. The van der Waals surface area contributed by atoms with Gasteiger partial charge in [-0.3, -0.25) is 0 Å². The standard InChI is InChI=1S/C11H17ClN4/c1-8-3-2-5-16(6-4-8)11-9(12)10(13)14-7-15-11/h7-8H,2-6H2,1H3,(H2,13,14,15). The first-order chi connectivity index (χ1) is 7.68. The maximum Gasteiger partial charge on any atom is 0.153 e. The van der Waals surface area contributed by atoms with Gasteiger partial charge in [0.2, 0.25) is 0 Å². The van der Waals surface area contributed by atoms with Gasteiger partial charge in [0.25, 0.3) is 0 Å². The molecular weight excluding hydrogens is 224 g/mol. The number of hydrogen-bond donors (Lipinski definition) is 1. The molecule has 1 aromatic rings. The molecule has 1 fully saturated rings. The van der Waals surface area contributed by atoms with Gasteiger partial charge in [0, 0.05) is 13.1 Å². The van der Waals surface area contributed by atoms with Crippen molar-refractivity contribution in [2.75, 3.05) is 23.7 Å². The van der Waals surface area contributed by atoms with Crippen molar-refractivity contribution >= 4 is 23.2 Å². The van der Waals surface area contributed by atoms with Crippen molar-refractivity contribution in [3.05, 3.63) is 11.3 Å². The largest absolute Gasteiger partial charge is 0.382 e. The summed E-state index contributed by atoms with van der Waals surface area (Å²) < 4.78 is 0. The van der Waals surface area contributed by atoms with Gasteiger partial charge in [0.15, 0.2) is 5.82 Å². The third kappa shape index (κ3) is 2.38. The molecule has 1 aromatic heterocycles. The van der Waals surface area contributed by atoms with Crippen molar-refractivity contribution in [1.82, 2.24) is 9.97 Å². The first-order valence-corrected chi connectivity index (χ1v) is 6.07. The first-order valence-electron chi connectivity index (χ1n) is 5.69. The zero-order valence-electron chi connectivity index (χ0n) is 9.49. The SMILES string of the molecule is CC1CCCN(c2ncnc(N)c2Cl)CC1. The Bertz CT molecular complexity index is 369. The van der Waals surface area contributed by atoms with E-state index in [1.807, 2.05) is 0 Å². The highest BCUT2D eigenvalue weighted by Gasteiger charge is 2.18. The van der Waals surface area contributed by atoms with Gasteiger partial charge in [-0.2, -0.15) is 0 Å². The molecule has 1 saturated heterocycles. The number of halogens is 1. The Morgan fingerprint density at radius 2 is 2.19 bits per heavy atom. The van der Waals surface area contributed by atoms with E-state index in [4.69, 9.17) is 17.3 Å². The lowest BCUT2D eigenvalue weighted by Crippen LogP contribution is -2.25. The summed E-state index contributed by atoms with van der Waals surface area (Å²) in [6.45, 7) is 4.29. The van der Waals surface area contributed by atoms with E-state index in [1.54, 1.807) is 0 Å². The maximum atomic E-state index is 6.12. The molecule has 1 atom stereocenters. The lowest BCUT2D eigenvalue weighted by molar-refractivity contribution is 0.521. The number of hydrogen-bond acceptors (Lipinski definition) is 4. The quantitative estimate of drug-likeness (QED) is 0.819. The molecule has 0 bridgehead atoms. The van der Waals surface area contributed by atoms with Crippen LogP contribution in [-0.4, -0.2) is 23.1 Å². The summed E-state index contributed by atoms with van der Waals surface area (Å²) in [5, 5.41) is 0.483. The summed E-state index contributed by atoms with van der Waals surface area (Å²) in [6.07, 6.45) is 5.11. The van der Waals surface area contributed by atoms with Crippen LogP contribution in [-0.2, 0) is 0 Å². The Morgan fingerprint density at radius 1 is 1.38 bits per heavy atom. The summed E-state index contributed by atoms with van der Waals surface area (Å²) in [4.78, 5) is 10.3. The number of rotatable bonds is 1. The summed E-state index contributed by atoms with van der Waals surface area (Å²) >= 11 is 6.12. The molecule has 0 amide bonds. The van der Waals surface area contributed by atoms with Gasteiger partial charge in [0.1, 0.15) is 17.2 Å². The predicted molar refractivity (Wildman–Crippen MR) is 66.7 cm³/mol. The predicted octanol–water partition coefficient (Wildman–Crippen LogP) is 2.34. The second kappa shape index (κ2) is 4.87. The zero-order chi connectivity index (χ0) is 11.5. The second-order valence-electron chi connectivity index (χ2n) is 4.42. The van der Waals surface area contributed by atoms with Crippen LogP contribution >= 0.6 is 11.6 Å². The Labute approximate surface area is 101 Å². The normalized spacial score (nSPS) is 21.9. The van der Waals surface area contributed by atoms with E-state index in [-0.39, 0.29) is 0 Å². The molecule has 0 spiro atoms. The third-order valence-corrected chi connectivity index (χ3v) is 3.48. The molecule has 1 unspecified atom stereocenters. The molecule has 16 heavy (non-hydrogen) atoms. The number of nitrogens with two attached hydrogens (primary N) is 1. The third-order valence-electron chi connectivity index (χ3n) is 3.11. The fourth-order valence-corrected chi connectivity index (χ4v) is 2.29. The molecule has 0 aliphatic carbocycles. The highest BCUT2D eigenvalue weighted by molar-refractivity contribution is 6.35. The molecule has 0 aromatic carbocycles. The molecule has 2 rings (SSSR count). The smallest absolute Gasteiger partial charge is 0.153 e. The van der Waals surface area contributed by atoms with Crippen LogP contribution in [0.15, 0.2) is 6.33 Å². The van der Waals surface area contributed by atoms with Crippen molar-refractivity contribution in [3.8, 4) is 0 Å². The van der Waals surface area contributed by atoms with Crippen LogP contribution in [0.25, 0.3) is 0 Å². The van der Waals surface area contributed by atoms with E-state index in [0.29, 0.717) is 10.8 Å². The summed E-state index contributed by atoms with van der Waals surface area (Å²) in [5.74, 6) is 1.93. The summed E-state index contributed by atoms with van der Waals surface area (Å²) in [5.41, 5.74) is 5.68. The van der Waals surface area contributed by atoms with E-state index >= 15 is 0 Å². The van der Waals surface area contributed by atoms with Gasteiger partial charge in [-0.15, -0.1) is 0 Å². The lowest BCUT2D eigenvalue weighted by atomic mass is 10.0. The van der Waals surface area contributed by atoms with Crippen molar-refractivity contribution in [2.45, 2.75) is 26.2 Å². The van der Waals surface area contributed by atoms with E-state index in [1.165, 1.54) is 25.6 Å². The molecule has 0 saturated carbocycles. The van der Waals surface area contributed by atoms with Crippen LogP contribution < -0.4 is 10.6 Å². The van der Waals surface area contributed by atoms with Crippen molar-refractivity contribution in [1.29, 1.82) is 0 Å². The van der Waals surface area contributed by atoms with Crippen molar-refractivity contribution in [3.63, 3.8) is 0 Å². The van der Waals surface area contributed by atoms with Crippen molar-refractivity contribution < 1.29 is 0 Å². The molecular formula is C11H17ClN4. The zero-order valence-corrected chi connectivity index (χ0v) is 10.2. The average molecular weight is 241 g/mol. The second-order valence-corrected chi connectivity index (χ2v) is 4.80. The van der Waals surface area contributed by atoms with E-state index in [0.717, 1.165) is 24.8 Å². The minimum Gasteiger partial charge on any atom is -0.382 e. The molecule has 5 heteroatoms. The topological polar surface area (TPSA) is 55.0 Å². The Hall–Kier alpha value is -1.03. The van der Waals surface area contributed by atoms with E-state index in [2.05, 4.69) is 21.8 Å². The van der Waals surface area contributed by atoms with Crippen LogP contribution in [0.4, 0.5) is 11.6 Å². The van der Waals surface area contributed by atoms with Crippen molar-refractivity contribution in [2.24, 2.45) is 5.92 Å². The molecule has 1 aliphatic heterocycles. The Balaban J connectivity index is 2.20. The number of nitrogen functional groups attached to an aromatic ring is 1. The van der Waals surface area contributed by atoms with Crippen LogP contribution in [0.3, 0.4) is 0 Å². The molecule has 88 valence electrons. The van der Waals surface area contributed by atoms with E-state index in [9.17, 15) is 0 Å². The monoisotopic (exact) mass is 240 g/mol. The van der Waals surface area contributed by atoms with Crippen LogP contribution in [0, 0.1) is 5.92 Å². The highest BCUT2D eigenvalue weighted by atomic mass is 35.5. The van der Waals surface area contributed by atoms with Gasteiger partial charge in [-0.1, -0.05) is 18.5 Å². The number of nitrogens with zero attached hydrogens (tertiary/aromatic N) is 3. The Kier molecular flexibility index (Phi) is 3.49. The van der Waals surface area contributed by atoms with Gasteiger partial charge in [0.05, 0.1) is 0 Å². The number of anilines is 2. The average Bonchev–Trinajstić information content (AvgIpc) is 2.47. The van der Waals surface area contributed by atoms with Gasteiger partial charge >= 0.3 is 0 Å². The molecule has 1 aliphatic rings. The minimum absolute atomic E-state index is 0.365. The molecule has 2 heterocycles. The van der Waals surface area contributed by atoms with Gasteiger partial charge in [-0.05, 0) is 25.2 Å². The highest BCUT2D eigenvalue weighted by Crippen LogP contribution is 2.29. The number of aromatic nitrogens is 2. The van der Waals surface area contributed by atoms with Crippen LogP contribution in [0.5, 0.6) is 0 Å². The molecule has 0 radical (unpaired) electrons. The molecule has 4 nitrogen and oxygen atoms in total. The van der Waals surface area contributed by atoms with Crippen LogP contribution in [0.2, 0.25) is 5.02 Å². The first kappa shape index (κ1) is 11.5.